The lowest BCUT2D eigenvalue weighted by Crippen LogP contribution is -2.46. The van der Waals surface area contributed by atoms with Crippen molar-refractivity contribution >= 4 is 29.9 Å². The van der Waals surface area contributed by atoms with Gasteiger partial charge in [-0.2, -0.15) is 0 Å². The molecule has 0 atom stereocenters. The van der Waals surface area contributed by atoms with Gasteiger partial charge in [-0.3, -0.25) is 0 Å². The van der Waals surface area contributed by atoms with Gasteiger partial charge in [-0.1, -0.05) is 19.3 Å². The highest BCUT2D eigenvalue weighted by Gasteiger charge is 2.42. The standard InChI is InChI=1S/C20H36N6O.HI/c1-4-27-13-12-20(10-11-20)15-22-19(23-17-8-6-5-7-9-17)21-14-18-25-24-16(2)26(18)3;/h17H,4-15H2,1-3H3,(H2,21,22,23);1H. The Hall–Kier alpha value is -0.900. The molecule has 0 unspecified atom stereocenters. The second-order valence-corrected chi connectivity index (χ2v) is 8.17. The van der Waals surface area contributed by atoms with Crippen LogP contribution in [0.1, 0.15) is 69.9 Å². The van der Waals surface area contributed by atoms with Crippen LogP contribution in [-0.2, 0) is 18.3 Å². The number of guanidine groups is 1. The average molecular weight is 504 g/mol. The Morgan fingerprint density at radius 2 is 2.00 bits per heavy atom. The number of nitrogens with zero attached hydrogens (tertiary/aromatic N) is 4. The second-order valence-electron chi connectivity index (χ2n) is 8.17. The van der Waals surface area contributed by atoms with Gasteiger partial charge in [0.05, 0.1) is 0 Å². The van der Waals surface area contributed by atoms with Crippen molar-refractivity contribution in [2.24, 2.45) is 17.5 Å². The van der Waals surface area contributed by atoms with Crippen molar-refractivity contribution in [2.75, 3.05) is 19.8 Å². The Kier molecular flexibility index (Phi) is 9.46. The molecule has 0 amide bonds. The summed E-state index contributed by atoms with van der Waals surface area (Å²) in [7, 11) is 1.99. The topological polar surface area (TPSA) is 76.4 Å². The second kappa shape index (κ2) is 11.3. The van der Waals surface area contributed by atoms with Crippen LogP contribution in [-0.4, -0.2) is 46.5 Å². The van der Waals surface area contributed by atoms with E-state index in [1.807, 2.05) is 18.5 Å². The van der Waals surface area contributed by atoms with Gasteiger partial charge < -0.3 is 19.9 Å². The maximum atomic E-state index is 5.57. The first-order valence-corrected chi connectivity index (χ1v) is 10.6. The molecule has 28 heavy (non-hydrogen) atoms. The van der Waals surface area contributed by atoms with Crippen LogP contribution in [0.15, 0.2) is 4.99 Å². The van der Waals surface area contributed by atoms with E-state index < -0.39 is 0 Å². The highest BCUT2D eigenvalue weighted by molar-refractivity contribution is 14.0. The normalized spacial score (nSPS) is 19.2. The summed E-state index contributed by atoms with van der Waals surface area (Å²) in [5.74, 6) is 2.74. The quantitative estimate of drug-likeness (QED) is 0.234. The third-order valence-corrected chi connectivity index (χ3v) is 6.08. The number of hydrogen-bond donors (Lipinski definition) is 2. The lowest BCUT2D eigenvalue weighted by atomic mass is 9.96. The van der Waals surface area contributed by atoms with Crippen LogP contribution < -0.4 is 10.6 Å². The van der Waals surface area contributed by atoms with E-state index in [1.54, 1.807) is 0 Å². The van der Waals surface area contributed by atoms with E-state index in [4.69, 9.17) is 9.73 Å². The zero-order chi connectivity index (χ0) is 19.1. The molecule has 0 spiro atoms. The van der Waals surface area contributed by atoms with Gasteiger partial charge in [-0.15, -0.1) is 34.2 Å². The molecule has 160 valence electrons. The van der Waals surface area contributed by atoms with Crippen molar-refractivity contribution in [3.8, 4) is 0 Å². The van der Waals surface area contributed by atoms with Crippen molar-refractivity contribution in [3.63, 3.8) is 0 Å². The first-order valence-electron chi connectivity index (χ1n) is 10.6. The van der Waals surface area contributed by atoms with E-state index in [0.29, 0.717) is 18.0 Å². The molecule has 1 aromatic heterocycles. The van der Waals surface area contributed by atoms with Gasteiger partial charge in [0, 0.05) is 32.8 Å². The fraction of sp³-hybridized carbons (Fsp3) is 0.850. The molecule has 0 saturated heterocycles. The zero-order valence-corrected chi connectivity index (χ0v) is 20.0. The molecular weight excluding hydrogens is 467 g/mol. The smallest absolute Gasteiger partial charge is 0.191 e. The number of aryl methyl sites for hydroxylation is 1. The van der Waals surface area contributed by atoms with Crippen LogP contribution in [0.25, 0.3) is 0 Å². The predicted molar refractivity (Wildman–Crippen MR) is 123 cm³/mol. The van der Waals surface area contributed by atoms with Gasteiger partial charge in [0.1, 0.15) is 12.4 Å². The SMILES string of the molecule is CCOCCC1(CNC(=NCc2nnc(C)n2C)NC2CCCCC2)CC1.I. The van der Waals surface area contributed by atoms with Crippen LogP contribution in [0.2, 0.25) is 0 Å². The summed E-state index contributed by atoms with van der Waals surface area (Å²) >= 11 is 0. The molecule has 1 heterocycles. The molecule has 2 fully saturated rings. The average Bonchev–Trinajstić information content (AvgIpc) is 3.39. The van der Waals surface area contributed by atoms with Crippen LogP contribution in [0.5, 0.6) is 0 Å². The Morgan fingerprint density at radius 3 is 2.61 bits per heavy atom. The number of rotatable bonds is 9. The molecule has 0 bridgehead atoms. The lowest BCUT2D eigenvalue weighted by Gasteiger charge is -2.26. The van der Waals surface area contributed by atoms with Crippen LogP contribution in [0.4, 0.5) is 0 Å². The molecule has 0 radical (unpaired) electrons. The van der Waals surface area contributed by atoms with Gasteiger partial charge >= 0.3 is 0 Å². The summed E-state index contributed by atoms with van der Waals surface area (Å²) < 4.78 is 7.57. The maximum absolute atomic E-state index is 5.57. The Morgan fingerprint density at radius 1 is 1.25 bits per heavy atom. The highest BCUT2D eigenvalue weighted by Crippen LogP contribution is 2.48. The first-order chi connectivity index (χ1) is 13.1. The van der Waals surface area contributed by atoms with E-state index in [0.717, 1.165) is 43.8 Å². The largest absolute Gasteiger partial charge is 0.382 e. The van der Waals surface area contributed by atoms with Gasteiger partial charge in [-0.25, -0.2) is 4.99 Å². The van der Waals surface area contributed by atoms with Crippen LogP contribution in [0.3, 0.4) is 0 Å². The first kappa shape index (κ1) is 23.4. The van der Waals surface area contributed by atoms with Crippen molar-refractivity contribution in [1.82, 2.24) is 25.4 Å². The number of halogens is 1. The maximum Gasteiger partial charge on any atom is 0.191 e. The van der Waals surface area contributed by atoms with E-state index in [2.05, 4.69) is 27.8 Å². The molecular formula is C20H37IN6O. The predicted octanol–water partition coefficient (Wildman–Crippen LogP) is 3.32. The van der Waals surface area contributed by atoms with Gasteiger partial charge in [0.2, 0.25) is 0 Å². The summed E-state index contributed by atoms with van der Waals surface area (Å²) in [4.78, 5) is 4.83. The molecule has 7 nitrogen and oxygen atoms in total. The molecule has 2 N–H and O–H groups in total. The number of ether oxygens (including phenoxy) is 1. The summed E-state index contributed by atoms with van der Waals surface area (Å²) in [6.07, 6.45) is 10.2. The minimum absolute atomic E-state index is 0. The minimum Gasteiger partial charge on any atom is -0.382 e. The molecule has 2 aliphatic rings. The van der Waals surface area contributed by atoms with Crippen molar-refractivity contribution in [3.05, 3.63) is 11.6 Å². The van der Waals surface area contributed by atoms with Crippen molar-refractivity contribution in [2.45, 2.75) is 77.8 Å². The van der Waals surface area contributed by atoms with E-state index in [-0.39, 0.29) is 24.0 Å². The number of nitrogens with one attached hydrogen (secondary N) is 2. The molecule has 0 aliphatic heterocycles. The molecule has 2 aliphatic carbocycles. The third kappa shape index (κ3) is 6.86. The molecule has 8 heteroatoms. The zero-order valence-electron chi connectivity index (χ0n) is 17.7. The van der Waals surface area contributed by atoms with Gasteiger partial charge in [0.15, 0.2) is 11.8 Å². The van der Waals surface area contributed by atoms with Crippen LogP contribution in [0, 0.1) is 12.3 Å². The summed E-state index contributed by atoms with van der Waals surface area (Å²) in [5.41, 5.74) is 0.394. The third-order valence-electron chi connectivity index (χ3n) is 6.08. The molecule has 1 aromatic rings. The monoisotopic (exact) mass is 504 g/mol. The fourth-order valence-electron chi connectivity index (χ4n) is 3.73. The Bertz CT molecular complexity index is 622. The van der Waals surface area contributed by atoms with Crippen LogP contribution >= 0.6 is 24.0 Å². The summed E-state index contributed by atoms with van der Waals surface area (Å²) in [6, 6.07) is 0.532. The highest BCUT2D eigenvalue weighted by atomic mass is 127. The molecule has 2 saturated carbocycles. The minimum atomic E-state index is 0. The van der Waals surface area contributed by atoms with Gasteiger partial charge in [-0.05, 0) is 51.4 Å². The van der Waals surface area contributed by atoms with Crippen molar-refractivity contribution in [1.29, 1.82) is 0 Å². The lowest BCUT2D eigenvalue weighted by molar-refractivity contribution is 0.128. The van der Waals surface area contributed by atoms with E-state index in [9.17, 15) is 0 Å². The Balaban J connectivity index is 0.00000280. The molecule has 0 aromatic carbocycles. The summed E-state index contributed by atoms with van der Waals surface area (Å²) in [5, 5.41) is 15.7. The van der Waals surface area contributed by atoms with E-state index in [1.165, 1.54) is 44.9 Å². The van der Waals surface area contributed by atoms with Crippen molar-refractivity contribution < 1.29 is 4.74 Å². The number of hydrogen-bond acceptors (Lipinski definition) is 4. The number of aliphatic imine (C=N–C) groups is 1. The van der Waals surface area contributed by atoms with Gasteiger partial charge in [0.25, 0.3) is 0 Å². The summed E-state index contributed by atoms with van der Waals surface area (Å²) in [6.45, 7) is 7.21. The number of aromatic nitrogens is 3. The Labute approximate surface area is 186 Å². The fourth-order valence-corrected chi connectivity index (χ4v) is 3.73. The van der Waals surface area contributed by atoms with E-state index >= 15 is 0 Å². The molecule has 3 rings (SSSR count).